The second-order valence-corrected chi connectivity index (χ2v) is 17.1. The van der Waals surface area contributed by atoms with E-state index in [1.54, 1.807) is 24.3 Å². The predicted octanol–water partition coefficient (Wildman–Crippen LogP) is 13.8. The molecular weight excluding hydrogens is 861 g/mol. The first-order chi connectivity index (χ1) is 33.4. The molecule has 0 atom stereocenters. The molecule has 12 heteroatoms. The van der Waals surface area contributed by atoms with Crippen LogP contribution in [-0.2, 0) is 9.47 Å². The Labute approximate surface area is 406 Å². The fraction of sp³-hybridized carbons (Fsp3) is 0.536. The maximum absolute atomic E-state index is 13.7. The highest BCUT2D eigenvalue weighted by atomic mass is 16.6. The average molecular weight is 939 g/mol. The van der Waals surface area contributed by atoms with Crippen LogP contribution >= 0.6 is 0 Å². The third-order valence-electron chi connectivity index (χ3n) is 11.5. The maximum Gasteiger partial charge on any atom is 0.338 e. The molecule has 12 nitrogen and oxygen atoms in total. The topological polar surface area (TPSA) is 114 Å². The van der Waals surface area contributed by atoms with Gasteiger partial charge in [0.2, 0.25) is 11.5 Å². The molecule has 0 aliphatic carbocycles. The second kappa shape index (κ2) is 29.9. The molecule has 0 radical (unpaired) electrons. The summed E-state index contributed by atoms with van der Waals surface area (Å²) in [5.41, 5.74) is 4.92. The van der Waals surface area contributed by atoms with Crippen molar-refractivity contribution in [3.8, 4) is 34.5 Å². The van der Waals surface area contributed by atoms with Gasteiger partial charge in [0, 0.05) is 13.1 Å². The highest BCUT2D eigenvalue weighted by Gasteiger charge is 2.28. The van der Waals surface area contributed by atoms with Gasteiger partial charge in [-0.25, -0.2) is 9.59 Å². The number of anilines is 4. The van der Waals surface area contributed by atoms with Crippen LogP contribution < -0.4 is 38.2 Å². The lowest BCUT2D eigenvalue weighted by molar-refractivity contribution is 0.0492. The van der Waals surface area contributed by atoms with Gasteiger partial charge in [-0.3, -0.25) is 0 Å². The van der Waals surface area contributed by atoms with Gasteiger partial charge in [0.05, 0.1) is 86.7 Å². The van der Waals surface area contributed by atoms with Crippen LogP contribution in [0, 0.1) is 0 Å². The van der Waals surface area contributed by atoms with Gasteiger partial charge in [0.1, 0.15) is 0 Å². The fourth-order valence-corrected chi connectivity index (χ4v) is 7.57. The first-order valence-corrected chi connectivity index (χ1v) is 25.6. The number of para-hydroxylation sites is 4. The minimum Gasteiger partial charge on any atom is -0.490 e. The van der Waals surface area contributed by atoms with Crippen molar-refractivity contribution in [2.75, 3.05) is 75.7 Å². The Morgan fingerprint density at radius 3 is 0.897 bits per heavy atom. The Bertz CT molecular complexity index is 1870. The molecule has 0 fully saturated rings. The van der Waals surface area contributed by atoms with Crippen LogP contribution in [0.2, 0.25) is 0 Å². The number of rotatable bonds is 34. The lowest BCUT2D eigenvalue weighted by Gasteiger charge is -2.40. The zero-order chi connectivity index (χ0) is 48.4. The van der Waals surface area contributed by atoms with Gasteiger partial charge in [0.15, 0.2) is 23.0 Å². The molecule has 0 bridgehead atoms. The zero-order valence-corrected chi connectivity index (χ0v) is 41.9. The van der Waals surface area contributed by atoms with E-state index in [4.69, 9.17) is 37.9 Å². The molecular formula is C56H78N2O10. The number of nitrogens with zero attached hydrogens (tertiary/aromatic N) is 2. The number of fused-ring (bicyclic) bond motifs is 2. The molecule has 1 aliphatic rings. The number of esters is 2. The van der Waals surface area contributed by atoms with Gasteiger partial charge in [-0.15, -0.1) is 0 Å². The number of benzene rings is 4. The second-order valence-electron chi connectivity index (χ2n) is 17.1. The molecule has 1 aliphatic heterocycles. The van der Waals surface area contributed by atoms with Crippen molar-refractivity contribution in [1.29, 1.82) is 0 Å². The predicted molar refractivity (Wildman–Crippen MR) is 272 cm³/mol. The number of hydrogen-bond donors (Lipinski definition) is 0. The quantitative estimate of drug-likeness (QED) is 0.0328. The third kappa shape index (κ3) is 15.6. The minimum atomic E-state index is -0.438. The van der Waals surface area contributed by atoms with Gasteiger partial charge in [0.25, 0.3) is 0 Å². The van der Waals surface area contributed by atoms with Crippen LogP contribution in [0.5, 0.6) is 34.5 Å². The molecule has 68 heavy (non-hydrogen) atoms. The Balaban J connectivity index is 1.25. The summed E-state index contributed by atoms with van der Waals surface area (Å²) in [5.74, 6) is 2.21. The maximum atomic E-state index is 13.7. The molecule has 1 heterocycles. The monoisotopic (exact) mass is 939 g/mol. The Morgan fingerprint density at radius 2 is 0.632 bits per heavy atom. The number of carbonyl (C=O) groups is 2. The van der Waals surface area contributed by atoms with Gasteiger partial charge < -0.3 is 47.7 Å². The van der Waals surface area contributed by atoms with Gasteiger partial charge in [-0.05, 0) is 99.9 Å². The van der Waals surface area contributed by atoms with Gasteiger partial charge >= 0.3 is 11.9 Å². The van der Waals surface area contributed by atoms with E-state index < -0.39 is 11.9 Å². The number of hydrogen-bond acceptors (Lipinski definition) is 12. The molecule has 0 aromatic heterocycles. The van der Waals surface area contributed by atoms with Crippen molar-refractivity contribution in [1.82, 2.24) is 0 Å². The van der Waals surface area contributed by atoms with Crippen LogP contribution in [0.1, 0.15) is 152 Å². The van der Waals surface area contributed by atoms with Gasteiger partial charge in [-0.2, -0.15) is 0 Å². The molecule has 0 N–H and O–H groups in total. The largest absolute Gasteiger partial charge is 0.490 e. The fourth-order valence-electron chi connectivity index (χ4n) is 7.57. The molecule has 0 saturated heterocycles. The summed E-state index contributed by atoms with van der Waals surface area (Å²) in [5, 5.41) is 0. The third-order valence-corrected chi connectivity index (χ3v) is 11.5. The standard InChI is InChI=1S/C56H78N2O10/c1-7-13-31-61-49-39-43(40-50(62-32-14-8-2)53(49)65-35-17-11-5)55(59)67-37-23-29-57-45-25-19-21-27-47(45)58(48-28-22-20-26-46(48)57)30-24-38-68-56(60)44-41-51(63-33-15-9-3)54(66-36-18-12-6)52(42-44)64-34-16-10-4/h19-22,25-28,39-42H,7-18,23-24,29-38H2,1-6H3. The smallest absolute Gasteiger partial charge is 0.338 e. The average Bonchev–Trinajstić information content (AvgIpc) is 3.35. The number of ether oxygens (including phenoxy) is 8. The summed E-state index contributed by atoms with van der Waals surface area (Å²) in [6.07, 6.45) is 12.4. The van der Waals surface area contributed by atoms with E-state index >= 15 is 0 Å². The van der Waals surface area contributed by atoms with Gasteiger partial charge in [-0.1, -0.05) is 104 Å². The summed E-state index contributed by atoms with van der Waals surface area (Å²) in [4.78, 5) is 31.9. The Morgan fingerprint density at radius 1 is 0.368 bits per heavy atom. The first kappa shape index (κ1) is 53.2. The summed E-state index contributed by atoms with van der Waals surface area (Å²) in [6.45, 7) is 17.5. The first-order valence-electron chi connectivity index (χ1n) is 25.6. The molecule has 372 valence electrons. The van der Waals surface area contributed by atoms with Crippen LogP contribution in [0.25, 0.3) is 0 Å². The lowest BCUT2D eigenvalue weighted by atomic mass is 10.1. The molecule has 5 rings (SSSR count). The van der Waals surface area contributed by atoms with E-state index in [9.17, 15) is 9.59 Å². The molecule has 4 aromatic carbocycles. The molecule has 0 unspecified atom stereocenters. The summed E-state index contributed by atoms with van der Waals surface area (Å²) >= 11 is 0. The highest BCUT2D eigenvalue weighted by Crippen LogP contribution is 2.48. The number of unbranched alkanes of at least 4 members (excludes halogenated alkanes) is 6. The van der Waals surface area contributed by atoms with Crippen LogP contribution in [0.3, 0.4) is 0 Å². The van der Waals surface area contributed by atoms with Crippen molar-refractivity contribution in [2.45, 2.75) is 131 Å². The van der Waals surface area contributed by atoms with E-state index in [1.807, 2.05) is 24.3 Å². The molecule has 0 spiro atoms. The van der Waals surface area contributed by atoms with Crippen LogP contribution in [0.4, 0.5) is 22.7 Å². The zero-order valence-electron chi connectivity index (χ0n) is 41.9. The summed E-state index contributed by atoms with van der Waals surface area (Å²) in [6, 6.07) is 23.5. The molecule has 0 saturated carbocycles. The van der Waals surface area contributed by atoms with Crippen molar-refractivity contribution in [2.24, 2.45) is 0 Å². The van der Waals surface area contributed by atoms with E-state index in [0.717, 1.165) is 99.8 Å². The SMILES string of the molecule is CCCCOc1cc(C(=O)OCCCN2c3ccccc3N(CCCOC(=O)c3cc(OCCCC)c(OCCCC)c(OCCCC)c3)c3ccccc32)cc(OCCCC)c1OCCCC. The van der Waals surface area contributed by atoms with Crippen molar-refractivity contribution in [3.63, 3.8) is 0 Å². The normalized spacial score (nSPS) is 11.7. The van der Waals surface area contributed by atoms with Crippen LogP contribution in [-0.4, -0.2) is 77.9 Å². The van der Waals surface area contributed by atoms with E-state index in [2.05, 4.69) is 75.6 Å². The van der Waals surface area contributed by atoms with E-state index in [-0.39, 0.29) is 13.2 Å². The Hall–Kier alpha value is -5.78. The lowest BCUT2D eigenvalue weighted by Crippen LogP contribution is -2.31. The van der Waals surface area contributed by atoms with E-state index in [0.29, 0.717) is 111 Å². The van der Waals surface area contributed by atoms with E-state index in [1.165, 1.54) is 0 Å². The summed E-state index contributed by atoms with van der Waals surface area (Å²) < 4.78 is 49.0. The minimum absolute atomic E-state index is 0.217. The highest BCUT2D eigenvalue weighted by molar-refractivity contribution is 5.94. The number of carbonyl (C=O) groups excluding carboxylic acids is 2. The van der Waals surface area contributed by atoms with Crippen molar-refractivity contribution in [3.05, 3.63) is 83.9 Å². The molecule has 0 amide bonds. The van der Waals surface area contributed by atoms with Crippen molar-refractivity contribution >= 4 is 34.7 Å². The van der Waals surface area contributed by atoms with Crippen molar-refractivity contribution < 1.29 is 47.5 Å². The Kier molecular flexibility index (Phi) is 23.4. The van der Waals surface area contributed by atoms with Crippen LogP contribution in [0.15, 0.2) is 72.8 Å². The summed E-state index contributed by atoms with van der Waals surface area (Å²) in [7, 11) is 0. The molecule has 4 aromatic rings.